The van der Waals surface area contributed by atoms with E-state index < -0.39 is 24.3 Å². The predicted octanol–water partition coefficient (Wildman–Crippen LogP) is 7.54. The molecule has 4 N–H and O–H groups in total. The Balaban J connectivity index is 1.04. The Bertz CT molecular complexity index is 2320. The number of hydrogen-bond donors (Lipinski definition) is 4. The third kappa shape index (κ3) is 7.84. The molecule has 3 fully saturated rings. The summed E-state index contributed by atoms with van der Waals surface area (Å²) in [4.78, 5) is 75.1. The molecule has 4 aliphatic heterocycles. The van der Waals surface area contributed by atoms with Gasteiger partial charge in [-0.2, -0.15) is 0 Å². The van der Waals surface area contributed by atoms with E-state index >= 15 is 0 Å². The monoisotopic (exact) mass is 847 g/mol. The van der Waals surface area contributed by atoms with Gasteiger partial charge in [0.2, 0.25) is 11.8 Å². The lowest BCUT2D eigenvalue weighted by Crippen LogP contribution is -2.51. The van der Waals surface area contributed by atoms with Gasteiger partial charge in [-0.1, -0.05) is 77.9 Å². The van der Waals surface area contributed by atoms with Crippen LogP contribution < -0.4 is 10.6 Å². The molecule has 0 radical (unpaired) electrons. The molecule has 3 unspecified atom stereocenters. The Morgan fingerprint density at radius 2 is 1.08 bits per heavy atom. The van der Waals surface area contributed by atoms with Crippen molar-refractivity contribution < 1.29 is 28.7 Å². The van der Waals surface area contributed by atoms with Gasteiger partial charge in [0.05, 0.1) is 50.1 Å². The molecule has 8 atom stereocenters. The maximum atomic E-state index is 13.9. The minimum absolute atomic E-state index is 0.117. The van der Waals surface area contributed by atoms with Crippen LogP contribution in [-0.2, 0) is 19.1 Å². The average Bonchev–Trinajstić information content (AvgIpc) is 4.13. The van der Waals surface area contributed by atoms with Gasteiger partial charge in [0.15, 0.2) is 0 Å². The van der Waals surface area contributed by atoms with Crippen LogP contribution in [0, 0.1) is 23.7 Å². The molecule has 15 nitrogen and oxygen atoms in total. The van der Waals surface area contributed by atoms with Crippen molar-refractivity contribution in [3.63, 3.8) is 0 Å². The molecular formula is C47H61N9O6. The molecule has 4 amide bonds. The topological polar surface area (TPSA) is 178 Å². The molecule has 0 spiro atoms. The van der Waals surface area contributed by atoms with Gasteiger partial charge in [-0.3, -0.25) is 14.5 Å². The molecule has 4 aliphatic rings. The number of carbonyl (C=O) groups excluding carboxylic acids is 4. The number of amides is 4. The number of likely N-dealkylation sites (tertiary alicyclic amines) is 2. The van der Waals surface area contributed by atoms with Gasteiger partial charge in [-0.25, -0.2) is 19.6 Å². The number of imidazole rings is 2. The average molecular weight is 848 g/mol. The van der Waals surface area contributed by atoms with Gasteiger partial charge in [0.1, 0.15) is 23.7 Å². The number of alkyl carbamates (subject to hydrolysis) is 2. The summed E-state index contributed by atoms with van der Waals surface area (Å²) in [5.74, 6) is 1.53. The van der Waals surface area contributed by atoms with E-state index in [1.807, 2.05) is 49.9 Å². The number of rotatable bonds is 11. The molecule has 8 rings (SSSR count). The van der Waals surface area contributed by atoms with Gasteiger partial charge in [0.25, 0.3) is 0 Å². The van der Waals surface area contributed by atoms with Gasteiger partial charge in [0, 0.05) is 30.7 Å². The van der Waals surface area contributed by atoms with Crippen LogP contribution in [0.15, 0.2) is 48.8 Å². The highest BCUT2D eigenvalue weighted by Crippen LogP contribution is 2.57. The summed E-state index contributed by atoms with van der Waals surface area (Å²) in [7, 11) is 4.83. The summed E-state index contributed by atoms with van der Waals surface area (Å²) >= 11 is 0. The molecule has 3 saturated heterocycles. The smallest absolute Gasteiger partial charge is 0.407 e. The first-order valence-corrected chi connectivity index (χ1v) is 22.1. The molecule has 62 heavy (non-hydrogen) atoms. The van der Waals surface area contributed by atoms with E-state index in [0.29, 0.717) is 19.1 Å². The SMILES string of the molecule is COC(=O)N[C@H](C(=O)N1C[C@@H](C)C[C@H]1c1ncc(-c2ccc(-c3ccc(-c4cnc(C5C[C@H](C)CN5C(=O)[C@H](NC(=O)OC)C(C)C)[nH]4)cc3)c3c2C2CCC3N2C)[nH]1)C(C)C. The van der Waals surface area contributed by atoms with Gasteiger partial charge >= 0.3 is 12.2 Å². The number of H-pyrrole nitrogens is 2. The zero-order chi connectivity index (χ0) is 44.1. The predicted molar refractivity (Wildman–Crippen MR) is 234 cm³/mol. The molecule has 2 aromatic carbocycles. The van der Waals surface area contributed by atoms with Crippen molar-refractivity contribution in [2.24, 2.45) is 23.7 Å². The summed E-state index contributed by atoms with van der Waals surface area (Å²) in [6.45, 7) is 13.1. The fraction of sp³-hybridized carbons (Fsp3) is 0.532. The number of fused-ring (bicyclic) bond motifs is 5. The number of benzene rings is 2. The third-order valence-corrected chi connectivity index (χ3v) is 13.6. The largest absolute Gasteiger partial charge is 0.453 e. The summed E-state index contributed by atoms with van der Waals surface area (Å²) in [6.07, 6.45) is 6.23. The fourth-order valence-electron chi connectivity index (χ4n) is 10.5. The van der Waals surface area contributed by atoms with Crippen molar-refractivity contribution in [2.75, 3.05) is 34.4 Å². The maximum Gasteiger partial charge on any atom is 0.407 e. The summed E-state index contributed by atoms with van der Waals surface area (Å²) in [5.41, 5.74) is 8.98. The van der Waals surface area contributed by atoms with Crippen LogP contribution in [0.3, 0.4) is 0 Å². The molecule has 15 heteroatoms. The standard InChI is InChI=1S/C47H61N9O6/c1-24(2)40(52-46(59)61-8)44(57)55-22-26(5)18-36(55)42-48-20-32(50-42)29-12-10-28(11-13-29)30-14-15-31(39-35-17-16-34(38(30)39)54(35)7)33-21-49-43(51-33)37-19-27(6)23-56(37)45(58)41(25(3)4)53-47(60)62-9/h10-15,20-21,24-27,34-37,40-41H,16-19,22-23H2,1-9H3,(H,48,50)(H,49,51)(H,52,59)(H,53,60)/t26-,27-,34?,35?,36?,37-,40+,41-/m0/s1. The summed E-state index contributed by atoms with van der Waals surface area (Å²) < 4.78 is 9.65. The molecule has 330 valence electrons. The highest BCUT2D eigenvalue weighted by molar-refractivity contribution is 5.87. The van der Waals surface area contributed by atoms with Crippen LogP contribution in [0.2, 0.25) is 0 Å². The highest BCUT2D eigenvalue weighted by Gasteiger charge is 2.46. The van der Waals surface area contributed by atoms with Crippen molar-refractivity contribution in [1.82, 2.24) is 45.3 Å². The molecule has 4 aromatic rings. The first-order valence-electron chi connectivity index (χ1n) is 22.1. The van der Waals surface area contributed by atoms with Crippen LogP contribution in [0.25, 0.3) is 33.6 Å². The number of aromatic nitrogens is 4. The highest BCUT2D eigenvalue weighted by atomic mass is 16.5. The minimum atomic E-state index is -0.705. The maximum absolute atomic E-state index is 13.9. The second kappa shape index (κ2) is 17.2. The van der Waals surface area contributed by atoms with Crippen molar-refractivity contribution in [3.05, 3.63) is 71.6 Å². The number of hydrogen-bond acceptors (Lipinski definition) is 9. The van der Waals surface area contributed by atoms with Crippen LogP contribution in [-0.4, -0.2) is 105 Å². The molecule has 0 saturated carbocycles. The lowest BCUT2D eigenvalue weighted by atomic mass is 9.82. The van der Waals surface area contributed by atoms with E-state index in [-0.39, 0.29) is 53.6 Å². The Hall–Kier alpha value is -5.70. The fourth-order valence-corrected chi connectivity index (χ4v) is 10.5. The Morgan fingerprint density at radius 3 is 1.56 bits per heavy atom. The van der Waals surface area contributed by atoms with Crippen molar-refractivity contribution in [2.45, 2.75) is 103 Å². The van der Waals surface area contributed by atoms with E-state index in [9.17, 15) is 19.2 Å². The molecule has 6 heterocycles. The first-order chi connectivity index (χ1) is 29.7. The number of aromatic amines is 2. The van der Waals surface area contributed by atoms with Crippen LogP contribution in [0.4, 0.5) is 9.59 Å². The van der Waals surface area contributed by atoms with Crippen LogP contribution in [0.1, 0.15) is 114 Å². The number of ether oxygens (including phenoxy) is 2. The van der Waals surface area contributed by atoms with Gasteiger partial charge in [-0.05, 0) is 84.2 Å². The Labute approximate surface area is 363 Å². The summed E-state index contributed by atoms with van der Waals surface area (Å²) in [5, 5.41) is 5.48. The lowest BCUT2D eigenvalue weighted by molar-refractivity contribution is -0.136. The first kappa shape index (κ1) is 43.0. The quantitative estimate of drug-likeness (QED) is 0.119. The molecule has 2 bridgehead atoms. The molecular weight excluding hydrogens is 787 g/mol. The molecule has 0 aliphatic carbocycles. The Kier molecular flexibility index (Phi) is 11.9. The number of carbonyl (C=O) groups is 4. The summed E-state index contributed by atoms with van der Waals surface area (Å²) in [6, 6.07) is 11.8. The van der Waals surface area contributed by atoms with Crippen molar-refractivity contribution >= 4 is 24.0 Å². The number of methoxy groups -OCH3 is 2. The van der Waals surface area contributed by atoms with Crippen molar-refractivity contribution in [1.29, 1.82) is 0 Å². The van der Waals surface area contributed by atoms with E-state index in [1.54, 1.807) is 0 Å². The van der Waals surface area contributed by atoms with E-state index in [0.717, 1.165) is 65.4 Å². The zero-order valence-corrected chi connectivity index (χ0v) is 37.3. The third-order valence-electron chi connectivity index (χ3n) is 13.6. The van der Waals surface area contributed by atoms with E-state index in [4.69, 9.17) is 19.4 Å². The number of nitrogens with zero attached hydrogens (tertiary/aromatic N) is 5. The molecule has 2 aromatic heterocycles. The van der Waals surface area contributed by atoms with Crippen LogP contribution in [0.5, 0.6) is 0 Å². The number of nitrogens with one attached hydrogen (secondary N) is 4. The van der Waals surface area contributed by atoms with E-state index in [1.165, 1.54) is 30.9 Å². The zero-order valence-electron chi connectivity index (χ0n) is 37.3. The second-order valence-electron chi connectivity index (χ2n) is 18.6. The lowest BCUT2D eigenvalue weighted by Gasteiger charge is -2.30. The van der Waals surface area contributed by atoms with E-state index in [2.05, 4.69) is 82.8 Å². The van der Waals surface area contributed by atoms with Crippen LogP contribution >= 0.6 is 0 Å². The van der Waals surface area contributed by atoms with Gasteiger partial charge in [-0.15, -0.1) is 0 Å². The second-order valence-corrected chi connectivity index (χ2v) is 18.6. The minimum Gasteiger partial charge on any atom is -0.453 e. The Morgan fingerprint density at radius 1 is 0.645 bits per heavy atom. The van der Waals surface area contributed by atoms with Gasteiger partial charge < -0.3 is 39.9 Å². The van der Waals surface area contributed by atoms with Crippen molar-refractivity contribution in [3.8, 4) is 33.6 Å². The normalized spacial score (nSPS) is 24.1.